The van der Waals surface area contributed by atoms with Crippen molar-refractivity contribution in [1.82, 2.24) is 5.32 Å². The first-order chi connectivity index (χ1) is 10.2. The minimum atomic E-state index is 0.466. The lowest BCUT2D eigenvalue weighted by molar-refractivity contribution is 0.170. The van der Waals surface area contributed by atoms with Crippen LogP contribution in [-0.4, -0.2) is 25.8 Å². The Morgan fingerprint density at radius 2 is 2.10 bits per heavy atom. The summed E-state index contributed by atoms with van der Waals surface area (Å²) in [5, 5.41) is 3.65. The largest absolute Gasteiger partial charge is 0.486 e. The number of nitrogens with one attached hydrogen (secondary N) is 1. The Bertz CT molecular complexity index is 510. The van der Waals surface area contributed by atoms with Crippen LogP contribution in [0.1, 0.15) is 50.2 Å². The Kier molecular flexibility index (Phi) is 4.75. The molecule has 0 amide bonds. The average molecular weight is 354 g/mol. The van der Waals surface area contributed by atoms with E-state index in [1.165, 1.54) is 30.4 Å². The smallest absolute Gasteiger partial charge is 0.175 e. The number of fused-ring (bicyclic) bond motifs is 1. The van der Waals surface area contributed by atoms with Gasteiger partial charge in [-0.15, -0.1) is 0 Å². The summed E-state index contributed by atoms with van der Waals surface area (Å²) in [7, 11) is 0. The summed E-state index contributed by atoms with van der Waals surface area (Å²) in [4.78, 5) is 0. The first-order valence-corrected chi connectivity index (χ1v) is 8.80. The third-order valence-electron chi connectivity index (χ3n) is 4.35. The zero-order valence-electron chi connectivity index (χ0n) is 12.9. The van der Waals surface area contributed by atoms with Gasteiger partial charge in [0.15, 0.2) is 11.5 Å². The molecule has 2 aliphatic rings. The standard InChI is InChI=1S/C17H24BrNO2/c1-11(2)15-12(9-13-5-3-4-6-19-13)10-14-17(16(15)18)21-8-7-20-14/h10-11,13,19H,3-9H2,1-2H3. The molecule has 1 N–H and O–H groups in total. The van der Waals surface area contributed by atoms with Gasteiger partial charge in [0.1, 0.15) is 13.2 Å². The summed E-state index contributed by atoms with van der Waals surface area (Å²) < 4.78 is 12.7. The summed E-state index contributed by atoms with van der Waals surface area (Å²) in [5.74, 6) is 2.24. The van der Waals surface area contributed by atoms with Crippen LogP contribution in [0.3, 0.4) is 0 Å². The molecule has 1 aromatic carbocycles. The van der Waals surface area contributed by atoms with Crippen molar-refractivity contribution in [3.8, 4) is 11.5 Å². The topological polar surface area (TPSA) is 30.5 Å². The van der Waals surface area contributed by atoms with Gasteiger partial charge in [0.05, 0.1) is 4.47 Å². The van der Waals surface area contributed by atoms with Gasteiger partial charge in [0.25, 0.3) is 0 Å². The lowest BCUT2D eigenvalue weighted by Gasteiger charge is -2.28. The molecule has 1 atom stereocenters. The van der Waals surface area contributed by atoms with Crippen molar-refractivity contribution in [3.63, 3.8) is 0 Å². The normalized spacial score (nSPS) is 21.6. The van der Waals surface area contributed by atoms with Gasteiger partial charge in [-0.1, -0.05) is 20.3 Å². The summed E-state index contributed by atoms with van der Waals surface area (Å²) in [5.41, 5.74) is 2.76. The quantitative estimate of drug-likeness (QED) is 0.889. The number of rotatable bonds is 3. The van der Waals surface area contributed by atoms with Crippen LogP contribution in [0.4, 0.5) is 0 Å². The molecule has 0 bridgehead atoms. The summed E-state index contributed by atoms with van der Waals surface area (Å²) in [6.07, 6.45) is 4.98. The molecule has 21 heavy (non-hydrogen) atoms. The molecule has 0 radical (unpaired) electrons. The number of piperidine rings is 1. The van der Waals surface area contributed by atoms with E-state index < -0.39 is 0 Å². The van der Waals surface area contributed by atoms with E-state index in [1.807, 2.05) is 0 Å². The van der Waals surface area contributed by atoms with Crippen LogP contribution in [0.15, 0.2) is 10.5 Å². The van der Waals surface area contributed by atoms with Gasteiger partial charge in [-0.25, -0.2) is 0 Å². The first kappa shape index (κ1) is 15.2. The predicted molar refractivity (Wildman–Crippen MR) is 88.6 cm³/mol. The molecule has 1 saturated heterocycles. The monoisotopic (exact) mass is 353 g/mol. The average Bonchev–Trinajstić information content (AvgIpc) is 2.48. The molecular weight excluding hydrogens is 330 g/mol. The van der Waals surface area contributed by atoms with E-state index in [2.05, 4.69) is 41.2 Å². The maximum absolute atomic E-state index is 5.80. The highest BCUT2D eigenvalue weighted by atomic mass is 79.9. The molecule has 3 rings (SSSR count). The lowest BCUT2D eigenvalue weighted by atomic mass is 9.90. The van der Waals surface area contributed by atoms with Gasteiger partial charge in [-0.2, -0.15) is 0 Å². The van der Waals surface area contributed by atoms with Crippen LogP contribution in [0.5, 0.6) is 11.5 Å². The van der Waals surface area contributed by atoms with Crippen molar-refractivity contribution in [2.45, 2.75) is 51.5 Å². The second-order valence-corrected chi connectivity index (χ2v) is 7.09. The van der Waals surface area contributed by atoms with Crippen molar-refractivity contribution >= 4 is 15.9 Å². The first-order valence-electron chi connectivity index (χ1n) is 8.01. The van der Waals surface area contributed by atoms with Gasteiger partial charge in [0, 0.05) is 6.04 Å². The Morgan fingerprint density at radius 1 is 1.29 bits per heavy atom. The molecule has 2 heterocycles. The molecule has 2 aliphatic heterocycles. The molecule has 0 saturated carbocycles. The van der Waals surface area contributed by atoms with Gasteiger partial charge >= 0.3 is 0 Å². The molecule has 0 aromatic heterocycles. The predicted octanol–water partition coefficient (Wildman–Crippen LogP) is 4.03. The van der Waals surface area contributed by atoms with Crippen LogP contribution < -0.4 is 14.8 Å². The van der Waals surface area contributed by atoms with E-state index in [4.69, 9.17) is 9.47 Å². The Balaban J connectivity index is 1.95. The summed E-state index contributed by atoms with van der Waals surface area (Å²) >= 11 is 3.76. The second-order valence-electron chi connectivity index (χ2n) is 6.29. The number of halogens is 1. The Hall–Kier alpha value is -0.740. The van der Waals surface area contributed by atoms with Crippen LogP contribution in [0, 0.1) is 0 Å². The molecule has 0 aliphatic carbocycles. The number of benzene rings is 1. The molecule has 116 valence electrons. The van der Waals surface area contributed by atoms with Gasteiger partial charge in [-0.3, -0.25) is 0 Å². The molecule has 1 unspecified atom stereocenters. The fourth-order valence-corrected chi connectivity index (χ4v) is 4.39. The third-order valence-corrected chi connectivity index (χ3v) is 5.14. The number of ether oxygens (including phenoxy) is 2. The fourth-order valence-electron chi connectivity index (χ4n) is 3.37. The van der Waals surface area contributed by atoms with E-state index in [0.717, 1.165) is 28.9 Å². The van der Waals surface area contributed by atoms with Gasteiger partial charge < -0.3 is 14.8 Å². The molecule has 0 spiro atoms. The summed E-state index contributed by atoms with van der Waals surface area (Å²) in [6, 6.07) is 2.79. The van der Waals surface area contributed by atoms with Crippen LogP contribution in [-0.2, 0) is 6.42 Å². The third kappa shape index (κ3) is 3.21. The van der Waals surface area contributed by atoms with E-state index >= 15 is 0 Å². The van der Waals surface area contributed by atoms with Crippen molar-refractivity contribution in [1.29, 1.82) is 0 Å². The van der Waals surface area contributed by atoms with Gasteiger partial charge in [-0.05, 0) is 64.8 Å². The SMILES string of the molecule is CC(C)c1c(CC2CCCCN2)cc2c(c1Br)OCCO2. The van der Waals surface area contributed by atoms with E-state index in [-0.39, 0.29) is 0 Å². The molecule has 1 fully saturated rings. The van der Waals surface area contributed by atoms with Crippen LogP contribution >= 0.6 is 15.9 Å². The van der Waals surface area contributed by atoms with Crippen LogP contribution in [0.2, 0.25) is 0 Å². The molecular formula is C17H24BrNO2. The second kappa shape index (κ2) is 6.57. The summed E-state index contributed by atoms with van der Waals surface area (Å²) in [6.45, 7) is 6.91. The fraction of sp³-hybridized carbons (Fsp3) is 0.647. The van der Waals surface area contributed by atoms with Crippen molar-refractivity contribution in [2.75, 3.05) is 19.8 Å². The molecule has 3 nitrogen and oxygen atoms in total. The number of hydrogen-bond donors (Lipinski definition) is 1. The van der Waals surface area contributed by atoms with E-state index in [0.29, 0.717) is 25.2 Å². The van der Waals surface area contributed by atoms with E-state index in [1.54, 1.807) is 0 Å². The highest BCUT2D eigenvalue weighted by molar-refractivity contribution is 9.10. The van der Waals surface area contributed by atoms with Crippen molar-refractivity contribution in [3.05, 3.63) is 21.7 Å². The zero-order valence-corrected chi connectivity index (χ0v) is 14.5. The van der Waals surface area contributed by atoms with E-state index in [9.17, 15) is 0 Å². The van der Waals surface area contributed by atoms with Crippen molar-refractivity contribution in [2.24, 2.45) is 0 Å². The Labute approximate surface area is 135 Å². The number of hydrogen-bond acceptors (Lipinski definition) is 3. The lowest BCUT2D eigenvalue weighted by Crippen LogP contribution is -2.36. The minimum absolute atomic E-state index is 0.466. The zero-order chi connectivity index (χ0) is 14.8. The van der Waals surface area contributed by atoms with Crippen LogP contribution in [0.25, 0.3) is 0 Å². The maximum Gasteiger partial charge on any atom is 0.175 e. The van der Waals surface area contributed by atoms with Crippen molar-refractivity contribution < 1.29 is 9.47 Å². The molecule has 1 aromatic rings. The maximum atomic E-state index is 5.80. The highest BCUT2D eigenvalue weighted by Crippen LogP contribution is 2.44. The van der Waals surface area contributed by atoms with Gasteiger partial charge in [0.2, 0.25) is 0 Å². The Morgan fingerprint density at radius 3 is 2.81 bits per heavy atom. The highest BCUT2D eigenvalue weighted by Gasteiger charge is 2.24. The molecule has 4 heteroatoms. The minimum Gasteiger partial charge on any atom is -0.486 e.